The number of furan rings is 1. The molecule has 98 valence electrons. The third kappa shape index (κ3) is 2.37. The van der Waals surface area contributed by atoms with Gasteiger partial charge in [0.15, 0.2) is 11.9 Å². The lowest BCUT2D eigenvalue weighted by Gasteiger charge is -2.17. The van der Waals surface area contributed by atoms with Crippen molar-refractivity contribution in [1.29, 1.82) is 0 Å². The zero-order valence-electron chi connectivity index (χ0n) is 9.18. The van der Waals surface area contributed by atoms with Crippen LogP contribution in [-0.4, -0.2) is 27.5 Å². The Hall–Kier alpha value is -1.83. The summed E-state index contributed by atoms with van der Waals surface area (Å²) >= 11 is 0. The second-order valence-electron chi connectivity index (χ2n) is 3.71. The summed E-state index contributed by atoms with van der Waals surface area (Å²) in [6.45, 7) is 1.15. The maximum absolute atomic E-state index is 12.3. The largest absolute Gasteiger partial charge is 0.461 e. The van der Waals surface area contributed by atoms with E-state index in [1.54, 1.807) is 12.1 Å². The van der Waals surface area contributed by atoms with Gasteiger partial charge in [0.1, 0.15) is 0 Å². The predicted molar refractivity (Wildman–Crippen MR) is 52.5 cm³/mol. The molecule has 18 heavy (non-hydrogen) atoms. The van der Waals surface area contributed by atoms with Crippen molar-refractivity contribution in [2.75, 3.05) is 0 Å². The zero-order chi connectivity index (χ0) is 13.3. The summed E-state index contributed by atoms with van der Waals surface area (Å²) in [6.07, 6.45) is -5.92. The van der Waals surface area contributed by atoms with Gasteiger partial charge in [-0.05, 0) is 12.1 Å². The molecule has 0 aliphatic rings. The molecule has 0 amide bonds. The minimum absolute atomic E-state index is 0.0382. The molecule has 0 radical (unpaired) electrons. The van der Waals surface area contributed by atoms with E-state index < -0.39 is 18.2 Å². The molecule has 8 heteroatoms. The van der Waals surface area contributed by atoms with Crippen molar-refractivity contribution in [3.8, 4) is 11.6 Å². The zero-order valence-corrected chi connectivity index (χ0v) is 9.18. The van der Waals surface area contributed by atoms with Gasteiger partial charge in [-0.1, -0.05) is 12.1 Å². The number of nitrogens with zero attached hydrogens (tertiary/aromatic N) is 2. The Morgan fingerprint density at radius 1 is 1.39 bits per heavy atom. The first-order valence-corrected chi connectivity index (χ1v) is 5.02. The van der Waals surface area contributed by atoms with E-state index in [1.165, 1.54) is 6.26 Å². The van der Waals surface area contributed by atoms with Crippen LogP contribution in [-0.2, 0) is 0 Å². The number of hydrogen-bond donors (Lipinski definition) is 1. The van der Waals surface area contributed by atoms with Crippen molar-refractivity contribution in [2.24, 2.45) is 0 Å². The SMILES string of the molecule is CC(c1nc(-c2ccco2)no1)C(O)C(F)(F)F. The van der Waals surface area contributed by atoms with Crippen molar-refractivity contribution < 1.29 is 27.2 Å². The molecule has 2 atom stereocenters. The van der Waals surface area contributed by atoms with Crippen LogP contribution >= 0.6 is 0 Å². The number of hydrogen-bond acceptors (Lipinski definition) is 5. The molecular weight excluding hydrogens is 253 g/mol. The Labute approximate surface area is 99.2 Å². The van der Waals surface area contributed by atoms with Crippen molar-refractivity contribution >= 4 is 0 Å². The lowest BCUT2D eigenvalue weighted by molar-refractivity contribution is -0.210. The molecule has 0 aliphatic carbocycles. The topological polar surface area (TPSA) is 72.3 Å². The van der Waals surface area contributed by atoms with Gasteiger partial charge in [-0.15, -0.1) is 0 Å². The Balaban J connectivity index is 2.20. The fraction of sp³-hybridized carbons (Fsp3) is 0.400. The number of rotatable bonds is 3. The average molecular weight is 262 g/mol. The number of aromatic nitrogens is 2. The fourth-order valence-corrected chi connectivity index (χ4v) is 1.34. The van der Waals surface area contributed by atoms with Crippen molar-refractivity contribution in [2.45, 2.75) is 25.1 Å². The summed E-state index contributed by atoms with van der Waals surface area (Å²) in [5.41, 5.74) is 0. The maximum atomic E-state index is 12.3. The highest BCUT2D eigenvalue weighted by atomic mass is 19.4. The molecule has 0 fully saturated rings. The average Bonchev–Trinajstić information content (AvgIpc) is 2.95. The molecule has 2 aromatic rings. The van der Waals surface area contributed by atoms with Crippen LogP contribution in [0.25, 0.3) is 11.6 Å². The van der Waals surface area contributed by atoms with Crippen LogP contribution in [0.4, 0.5) is 13.2 Å². The number of aliphatic hydroxyl groups is 1. The third-order valence-corrected chi connectivity index (χ3v) is 2.38. The molecule has 2 aromatic heterocycles. The fourth-order valence-electron chi connectivity index (χ4n) is 1.34. The van der Waals surface area contributed by atoms with Crippen LogP contribution in [0.3, 0.4) is 0 Å². The molecule has 0 aliphatic heterocycles. The first kappa shape index (κ1) is 12.6. The van der Waals surface area contributed by atoms with Gasteiger partial charge in [-0.25, -0.2) is 0 Å². The molecule has 2 unspecified atom stereocenters. The van der Waals surface area contributed by atoms with Crippen LogP contribution in [0.5, 0.6) is 0 Å². The summed E-state index contributed by atoms with van der Waals surface area (Å²) in [6, 6.07) is 3.12. The van der Waals surface area contributed by atoms with Crippen LogP contribution < -0.4 is 0 Å². The number of aliphatic hydroxyl groups excluding tert-OH is 1. The Morgan fingerprint density at radius 3 is 2.67 bits per heavy atom. The van der Waals surface area contributed by atoms with Gasteiger partial charge in [0.05, 0.1) is 12.2 Å². The van der Waals surface area contributed by atoms with E-state index in [9.17, 15) is 13.2 Å². The highest BCUT2D eigenvalue weighted by Crippen LogP contribution is 2.31. The van der Waals surface area contributed by atoms with Gasteiger partial charge in [-0.2, -0.15) is 18.2 Å². The first-order valence-electron chi connectivity index (χ1n) is 5.02. The van der Waals surface area contributed by atoms with Crippen LogP contribution in [0.15, 0.2) is 27.3 Å². The summed E-state index contributed by atoms with van der Waals surface area (Å²) in [5.74, 6) is -1.33. The van der Waals surface area contributed by atoms with Crippen molar-refractivity contribution in [3.63, 3.8) is 0 Å². The molecular formula is C10H9F3N2O3. The van der Waals surface area contributed by atoms with Gasteiger partial charge < -0.3 is 14.0 Å². The summed E-state index contributed by atoms with van der Waals surface area (Å²) in [5, 5.41) is 12.6. The molecule has 0 saturated heterocycles. The van der Waals surface area contributed by atoms with Gasteiger partial charge in [-0.3, -0.25) is 0 Å². The molecule has 0 aromatic carbocycles. The van der Waals surface area contributed by atoms with E-state index >= 15 is 0 Å². The van der Waals surface area contributed by atoms with Gasteiger partial charge in [0, 0.05) is 0 Å². The Morgan fingerprint density at radius 2 is 2.11 bits per heavy atom. The molecule has 5 nitrogen and oxygen atoms in total. The minimum Gasteiger partial charge on any atom is -0.461 e. The molecule has 2 heterocycles. The summed E-state index contributed by atoms with van der Waals surface area (Å²) in [4.78, 5) is 3.76. The highest BCUT2D eigenvalue weighted by molar-refractivity contribution is 5.44. The minimum atomic E-state index is -4.74. The normalized spacial score (nSPS) is 15.6. The van der Waals surface area contributed by atoms with Gasteiger partial charge in [0.25, 0.3) is 0 Å². The quantitative estimate of drug-likeness (QED) is 0.919. The van der Waals surface area contributed by atoms with Crippen LogP contribution in [0, 0.1) is 0 Å². The Bertz CT molecular complexity index is 507. The molecule has 0 saturated carbocycles. The number of alkyl halides is 3. The molecule has 2 rings (SSSR count). The lowest BCUT2D eigenvalue weighted by Crippen LogP contribution is -2.33. The second-order valence-corrected chi connectivity index (χ2v) is 3.71. The smallest absolute Gasteiger partial charge is 0.415 e. The maximum Gasteiger partial charge on any atom is 0.415 e. The predicted octanol–water partition coefficient (Wildman–Crippen LogP) is 2.36. The highest BCUT2D eigenvalue weighted by Gasteiger charge is 2.44. The van der Waals surface area contributed by atoms with E-state index in [2.05, 4.69) is 14.7 Å². The van der Waals surface area contributed by atoms with Crippen molar-refractivity contribution in [3.05, 3.63) is 24.3 Å². The molecule has 0 spiro atoms. The Kier molecular flexibility index (Phi) is 3.12. The van der Waals surface area contributed by atoms with E-state index in [0.717, 1.165) is 6.92 Å². The van der Waals surface area contributed by atoms with Crippen LogP contribution in [0.1, 0.15) is 18.7 Å². The summed E-state index contributed by atoms with van der Waals surface area (Å²) < 4.78 is 46.6. The van der Waals surface area contributed by atoms with E-state index in [4.69, 9.17) is 9.52 Å². The standard InChI is InChI=1S/C10H9F3N2O3/c1-5(7(16)10(11,12)13)9-14-8(15-18-9)6-3-2-4-17-6/h2-5,7,16H,1H3. The van der Waals surface area contributed by atoms with Crippen molar-refractivity contribution in [1.82, 2.24) is 10.1 Å². The third-order valence-electron chi connectivity index (χ3n) is 2.38. The first-order chi connectivity index (χ1) is 8.39. The summed E-state index contributed by atoms with van der Waals surface area (Å²) in [7, 11) is 0. The molecule has 0 bridgehead atoms. The van der Waals surface area contributed by atoms with Gasteiger partial charge >= 0.3 is 6.18 Å². The number of halogens is 3. The van der Waals surface area contributed by atoms with E-state index in [-0.39, 0.29) is 17.5 Å². The van der Waals surface area contributed by atoms with E-state index in [0.29, 0.717) is 0 Å². The lowest BCUT2D eigenvalue weighted by atomic mass is 10.1. The van der Waals surface area contributed by atoms with Gasteiger partial charge in [0.2, 0.25) is 11.7 Å². The van der Waals surface area contributed by atoms with E-state index in [1.807, 2.05) is 0 Å². The van der Waals surface area contributed by atoms with Crippen LogP contribution in [0.2, 0.25) is 0 Å². The monoisotopic (exact) mass is 262 g/mol. The molecule has 1 N–H and O–H groups in total. The second kappa shape index (κ2) is 4.45.